The van der Waals surface area contributed by atoms with Crippen molar-refractivity contribution in [1.82, 2.24) is 4.31 Å². The van der Waals surface area contributed by atoms with Crippen LogP contribution in [-0.2, 0) is 21.4 Å². The van der Waals surface area contributed by atoms with Crippen molar-refractivity contribution in [2.45, 2.75) is 6.54 Å². The average molecular weight is 371 g/mol. The van der Waals surface area contributed by atoms with E-state index in [1.807, 2.05) is 0 Å². The van der Waals surface area contributed by atoms with E-state index >= 15 is 0 Å². The molecule has 2 aromatic rings. The molecule has 0 aliphatic rings. The fourth-order valence-corrected chi connectivity index (χ4v) is 2.93. The first-order valence-corrected chi connectivity index (χ1v) is 9.23. The molecule has 0 bridgehead atoms. The van der Waals surface area contributed by atoms with Crippen LogP contribution in [0.2, 0.25) is 5.02 Å². The van der Waals surface area contributed by atoms with Crippen LogP contribution in [0, 0.1) is 5.82 Å². The molecule has 0 radical (unpaired) electrons. The number of benzene rings is 2. The third kappa shape index (κ3) is 5.02. The highest BCUT2D eigenvalue weighted by Gasteiger charge is 2.22. The summed E-state index contributed by atoms with van der Waals surface area (Å²) in [5, 5.41) is 2.88. The number of carbonyl (C=O) groups is 1. The largest absolute Gasteiger partial charge is 0.324 e. The summed E-state index contributed by atoms with van der Waals surface area (Å²) >= 11 is 5.95. The monoisotopic (exact) mass is 370 g/mol. The fourth-order valence-electron chi connectivity index (χ4n) is 2.02. The van der Waals surface area contributed by atoms with Crippen molar-refractivity contribution in [1.29, 1.82) is 0 Å². The molecule has 0 saturated heterocycles. The van der Waals surface area contributed by atoms with Gasteiger partial charge in [-0.25, -0.2) is 12.8 Å². The van der Waals surface area contributed by atoms with Crippen LogP contribution in [-0.4, -0.2) is 31.4 Å². The number of para-hydroxylation sites is 1. The quantitative estimate of drug-likeness (QED) is 0.850. The molecule has 5 nitrogen and oxygen atoms in total. The number of rotatable bonds is 6. The molecule has 0 saturated carbocycles. The molecule has 0 atom stereocenters. The van der Waals surface area contributed by atoms with E-state index in [-0.39, 0.29) is 12.1 Å². The number of sulfonamides is 1. The van der Waals surface area contributed by atoms with Crippen LogP contribution in [0.5, 0.6) is 0 Å². The summed E-state index contributed by atoms with van der Waals surface area (Å²) in [6, 6.07) is 12.4. The van der Waals surface area contributed by atoms with E-state index in [2.05, 4.69) is 5.32 Å². The van der Waals surface area contributed by atoms with E-state index in [9.17, 15) is 17.6 Å². The SMILES string of the molecule is CS(=O)(=O)N(CC(=O)Nc1ccccc1Cl)Cc1ccccc1F. The molecule has 0 aromatic heterocycles. The molecule has 0 aliphatic carbocycles. The van der Waals surface area contributed by atoms with Gasteiger partial charge < -0.3 is 5.32 Å². The van der Waals surface area contributed by atoms with E-state index in [4.69, 9.17) is 11.6 Å². The summed E-state index contributed by atoms with van der Waals surface area (Å²) in [6.45, 7) is -0.681. The minimum absolute atomic E-state index is 0.188. The molecule has 1 amide bonds. The van der Waals surface area contributed by atoms with Crippen LogP contribution in [0.15, 0.2) is 48.5 Å². The number of halogens is 2. The summed E-state index contributed by atoms with van der Waals surface area (Å²) < 4.78 is 38.4. The van der Waals surface area contributed by atoms with Crippen molar-refractivity contribution in [2.75, 3.05) is 18.1 Å². The van der Waals surface area contributed by atoms with Crippen LogP contribution in [0.25, 0.3) is 0 Å². The van der Waals surface area contributed by atoms with Gasteiger partial charge in [-0.15, -0.1) is 0 Å². The van der Waals surface area contributed by atoms with Crippen molar-refractivity contribution < 1.29 is 17.6 Å². The van der Waals surface area contributed by atoms with Crippen molar-refractivity contribution >= 4 is 33.2 Å². The normalized spacial score (nSPS) is 11.5. The maximum Gasteiger partial charge on any atom is 0.239 e. The predicted molar refractivity (Wildman–Crippen MR) is 91.7 cm³/mol. The Bertz CT molecular complexity index is 843. The molecule has 0 spiro atoms. The first-order chi connectivity index (χ1) is 11.3. The van der Waals surface area contributed by atoms with Crippen molar-refractivity contribution in [3.63, 3.8) is 0 Å². The van der Waals surface area contributed by atoms with Gasteiger partial charge in [0.15, 0.2) is 0 Å². The van der Waals surface area contributed by atoms with Gasteiger partial charge in [-0.3, -0.25) is 4.79 Å². The molecule has 2 aromatic carbocycles. The number of amides is 1. The van der Waals surface area contributed by atoms with Gasteiger partial charge in [0.05, 0.1) is 23.5 Å². The van der Waals surface area contributed by atoms with Gasteiger partial charge in [0.25, 0.3) is 0 Å². The van der Waals surface area contributed by atoms with Gasteiger partial charge in [0.1, 0.15) is 5.82 Å². The third-order valence-electron chi connectivity index (χ3n) is 3.24. The van der Waals surface area contributed by atoms with E-state index in [1.165, 1.54) is 18.2 Å². The van der Waals surface area contributed by atoms with E-state index in [0.29, 0.717) is 10.7 Å². The molecule has 0 heterocycles. The molecule has 24 heavy (non-hydrogen) atoms. The molecule has 0 fully saturated rings. The standard InChI is InChI=1S/C16H16ClFN2O3S/c1-24(22,23)20(10-12-6-2-4-8-14(12)18)11-16(21)19-15-9-5-3-7-13(15)17/h2-9H,10-11H2,1H3,(H,19,21). The number of nitrogens with one attached hydrogen (secondary N) is 1. The number of hydrogen-bond donors (Lipinski definition) is 1. The minimum Gasteiger partial charge on any atom is -0.324 e. The van der Waals surface area contributed by atoms with Crippen LogP contribution in [0.3, 0.4) is 0 Å². The first kappa shape index (κ1) is 18.4. The maximum atomic E-state index is 13.7. The van der Waals surface area contributed by atoms with E-state index < -0.39 is 28.3 Å². The summed E-state index contributed by atoms with van der Waals surface area (Å²) in [7, 11) is -3.70. The molecule has 1 N–H and O–H groups in total. The van der Waals surface area contributed by atoms with Crippen LogP contribution < -0.4 is 5.32 Å². The Morgan fingerprint density at radius 1 is 1.17 bits per heavy atom. The second kappa shape index (κ2) is 7.74. The Balaban J connectivity index is 2.14. The molecular formula is C16H16ClFN2O3S. The first-order valence-electron chi connectivity index (χ1n) is 7.00. The molecule has 0 unspecified atom stereocenters. The lowest BCUT2D eigenvalue weighted by atomic mass is 10.2. The van der Waals surface area contributed by atoms with E-state index in [1.54, 1.807) is 30.3 Å². The molecule has 128 valence electrons. The predicted octanol–water partition coefficient (Wildman–Crippen LogP) is 2.88. The highest BCUT2D eigenvalue weighted by atomic mass is 35.5. The van der Waals surface area contributed by atoms with Crippen molar-refractivity contribution in [2.24, 2.45) is 0 Å². The molecule has 0 aliphatic heterocycles. The zero-order valence-electron chi connectivity index (χ0n) is 12.9. The van der Waals surface area contributed by atoms with Gasteiger partial charge in [-0.2, -0.15) is 4.31 Å². The minimum atomic E-state index is -3.70. The van der Waals surface area contributed by atoms with Crippen LogP contribution >= 0.6 is 11.6 Å². The smallest absolute Gasteiger partial charge is 0.239 e. The van der Waals surface area contributed by atoms with Crippen molar-refractivity contribution in [3.05, 3.63) is 64.9 Å². The van der Waals surface area contributed by atoms with Crippen molar-refractivity contribution in [3.8, 4) is 0 Å². The second-order valence-corrected chi connectivity index (χ2v) is 7.54. The highest BCUT2D eigenvalue weighted by Crippen LogP contribution is 2.20. The number of nitrogens with zero attached hydrogens (tertiary/aromatic N) is 1. The average Bonchev–Trinajstić information content (AvgIpc) is 2.50. The van der Waals surface area contributed by atoms with Gasteiger partial charge in [0, 0.05) is 12.1 Å². The fraction of sp³-hybridized carbons (Fsp3) is 0.188. The number of hydrogen-bond acceptors (Lipinski definition) is 3. The van der Waals surface area contributed by atoms with Gasteiger partial charge in [-0.05, 0) is 18.2 Å². The maximum absolute atomic E-state index is 13.7. The Kier molecular flexibility index (Phi) is 5.93. The second-order valence-electron chi connectivity index (χ2n) is 5.15. The zero-order chi connectivity index (χ0) is 17.7. The van der Waals surface area contributed by atoms with Crippen LogP contribution in [0.1, 0.15) is 5.56 Å². The number of anilines is 1. The Hall–Kier alpha value is -1.96. The lowest BCUT2D eigenvalue weighted by Crippen LogP contribution is -2.37. The molecule has 8 heteroatoms. The lowest BCUT2D eigenvalue weighted by Gasteiger charge is -2.20. The summed E-state index contributed by atoms with van der Waals surface area (Å²) in [4.78, 5) is 12.1. The van der Waals surface area contributed by atoms with Crippen LogP contribution in [0.4, 0.5) is 10.1 Å². The summed E-state index contributed by atoms with van der Waals surface area (Å²) in [5.41, 5.74) is 0.567. The molecular weight excluding hydrogens is 355 g/mol. The Morgan fingerprint density at radius 3 is 2.42 bits per heavy atom. The highest BCUT2D eigenvalue weighted by molar-refractivity contribution is 7.88. The third-order valence-corrected chi connectivity index (χ3v) is 4.77. The zero-order valence-corrected chi connectivity index (χ0v) is 14.4. The lowest BCUT2D eigenvalue weighted by molar-refractivity contribution is -0.116. The number of carbonyl (C=O) groups excluding carboxylic acids is 1. The molecule has 2 rings (SSSR count). The van der Waals surface area contributed by atoms with Gasteiger partial charge in [-0.1, -0.05) is 41.9 Å². The summed E-state index contributed by atoms with van der Waals surface area (Å²) in [6.07, 6.45) is 0.969. The van der Waals surface area contributed by atoms with Gasteiger partial charge in [0.2, 0.25) is 15.9 Å². The van der Waals surface area contributed by atoms with Gasteiger partial charge >= 0.3 is 0 Å². The van der Waals surface area contributed by atoms with E-state index in [0.717, 1.165) is 10.6 Å². The Labute approximate surface area is 145 Å². The Morgan fingerprint density at radius 2 is 1.79 bits per heavy atom. The topological polar surface area (TPSA) is 66.5 Å². The summed E-state index contributed by atoms with van der Waals surface area (Å²) in [5.74, 6) is -1.09.